The minimum absolute atomic E-state index is 0.0800. The fourth-order valence-corrected chi connectivity index (χ4v) is 1.74. The van der Waals surface area contributed by atoms with Crippen LogP contribution in [0.1, 0.15) is 32.6 Å². The predicted molar refractivity (Wildman–Crippen MR) is 52.4 cm³/mol. The first kappa shape index (κ1) is 11.1. The highest BCUT2D eigenvalue weighted by atomic mass is 16.5. The van der Waals surface area contributed by atoms with E-state index in [9.17, 15) is 9.90 Å². The fourth-order valence-electron chi connectivity index (χ4n) is 1.74. The summed E-state index contributed by atoms with van der Waals surface area (Å²) >= 11 is 0. The van der Waals surface area contributed by atoms with Crippen molar-refractivity contribution in [2.45, 2.75) is 38.2 Å². The number of aliphatic hydroxyl groups is 1. The third-order valence-corrected chi connectivity index (χ3v) is 2.70. The third-order valence-electron chi connectivity index (χ3n) is 2.70. The van der Waals surface area contributed by atoms with Crippen molar-refractivity contribution in [3.05, 3.63) is 0 Å². The van der Waals surface area contributed by atoms with Crippen LogP contribution in [-0.2, 0) is 9.53 Å². The van der Waals surface area contributed by atoms with Gasteiger partial charge in [-0.25, -0.2) is 0 Å². The molecule has 1 aliphatic rings. The molecule has 3 nitrogen and oxygen atoms in total. The molecule has 14 heavy (non-hydrogen) atoms. The molecule has 0 unspecified atom stereocenters. The van der Waals surface area contributed by atoms with Gasteiger partial charge in [-0.2, -0.15) is 0 Å². The third kappa shape index (κ3) is 2.49. The van der Waals surface area contributed by atoms with Crippen molar-refractivity contribution in [2.24, 2.45) is 5.92 Å². The van der Waals surface area contributed by atoms with Crippen LogP contribution in [0.4, 0.5) is 0 Å². The number of terminal acetylenes is 1. The molecule has 0 aromatic rings. The molecule has 0 aromatic heterocycles. The SMILES string of the molecule is C#C[C@]1(O)CC[C@@H](C(=O)OCC)CC1. The molecule has 0 spiro atoms. The van der Waals surface area contributed by atoms with E-state index in [0.29, 0.717) is 32.3 Å². The van der Waals surface area contributed by atoms with Crippen LogP contribution in [0.5, 0.6) is 0 Å². The number of carbonyl (C=O) groups excluding carboxylic acids is 1. The van der Waals surface area contributed by atoms with E-state index in [1.807, 2.05) is 0 Å². The van der Waals surface area contributed by atoms with Crippen molar-refractivity contribution in [1.82, 2.24) is 0 Å². The lowest BCUT2D eigenvalue weighted by molar-refractivity contribution is -0.150. The van der Waals surface area contributed by atoms with E-state index < -0.39 is 5.60 Å². The van der Waals surface area contributed by atoms with Gasteiger partial charge < -0.3 is 9.84 Å². The quantitative estimate of drug-likeness (QED) is 0.531. The molecule has 1 rings (SSSR count). The van der Waals surface area contributed by atoms with E-state index in [-0.39, 0.29) is 11.9 Å². The molecule has 0 aliphatic heterocycles. The molecular formula is C11H16O3. The number of esters is 1. The standard InChI is InChI=1S/C11H16O3/c1-3-11(13)7-5-9(6-8-11)10(12)14-4-2/h1,9,13H,4-8H2,2H3/t9-,11+. The van der Waals surface area contributed by atoms with Crippen molar-refractivity contribution in [3.8, 4) is 12.3 Å². The van der Waals surface area contributed by atoms with Gasteiger partial charge in [0, 0.05) is 0 Å². The van der Waals surface area contributed by atoms with E-state index in [1.54, 1.807) is 6.92 Å². The maximum absolute atomic E-state index is 11.3. The lowest BCUT2D eigenvalue weighted by Gasteiger charge is -2.30. The van der Waals surface area contributed by atoms with E-state index in [1.165, 1.54) is 0 Å². The maximum Gasteiger partial charge on any atom is 0.308 e. The van der Waals surface area contributed by atoms with E-state index >= 15 is 0 Å². The molecule has 0 amide bonds. The number of hydrogen-bond donors (Lipinski definition) is 1. The minimum atomic E-state index is -0.997. The second-order valence-corrected chi connectivity index (χ2v) is 3.70. The maximum atomic E-state index is 11.3. The summed E-state index contributed by atoms with van der Waals surface area (Å²) in [6, 6.07) is 0. The highest BCUT2D eigenvalue weighted by Crippen LogP contribution is 2.32. The average Bonchev–Trinajstić information content (AvgIpc) is 2.19. The molecule has 3 heteroatoms. The van der Waals surface area contributed by atoms with Crippen LogP contribution < -0.4 is 0 Å². The molecule has 1 N–H and O–H groups in total. The molecule has 0 saturated heterocycles. The second-order valence-electron chi connectivity index (χ2n) is 3.70. The molecule has 1 saturated carbocycles. The van der Waals surface area contributed by atoms with Crippen LogP contribution >= 0.6 is 0 Å². The Bertz CT molecular complexity index is 244. The number of ether oxygens (including phenoxy) is 1. The summed E-state index contributed by atoms with van der Waals surface area (Å²) in [7, 11) is 0. The summed E-state index contributed by atoms with van der Waals surface area (Å²) in [6.45, 7) is 2.20. The summed E-state index contributed by atoms with van der Waals surface area (Å²) in [5.41, 5.74) is -0.997. The Morgan fingerprint density at radius 2 is 2.21 bits per heavy atom. The van der Waals surface area contributed by atoms with E-state index in [0.717, 1.165) is 0 Å². The zero-order valence-corrected chi connectivity index (χ0v) is 8.45. The first-order valence-electron chi connectivity index (χ1n) is 4.98. The molecular weight excluding hydrogens is 180 g/mol. The summed E-state index contributed by atoms with van der Waals surface area (Å²) in [5.74, 6) is 2.13. The van der Waals surface area contributed by atoms with Gasteiger partial charge in [0.15, 0.2) is 0 Å². The Hall–Kier alpha value is -1.01. The van der Waals surface area contributed by atoms with Gasteiger partial charge in [-0.3, -0.25) is 4.79 Å². The normalized spacial score (nSPS) is 31.9. The lowest BCUT2D eigenvalue weighted by Crippen LogP contribution is -2.35. The molecule has 0 atom stereocenters. The Morgan fingerprint density at radius 3 is 2.64 bits per heavy atom. The van der Waals surface area contributed by atoms with Gasteiger partial charge in [-0.05, 0) is 32.6 Å². The monoisotopic (exact) mass is 196 g/mol. The topological polar surface area (TPSA) is 46.5 Å². The largest absolute Gasteiger partial charge is 0.466 e. The first-order chi connectivity index (χ1) is 6.61. The van der Waals surface area contributed by atoms with Gasteiger partial charge >= 0.3 is 5.97 Å². The first-order valence-corrected chi connectivity index (χ1v) is 4.98. The van der Waals surface area contributed by atoms with Crippen LogP contribution in [0.25, 0.3) is 0 Å². The summed E-state index contributed by atoms with van der Waals surface area (Å²) in [4.78, 5) is 11.3. The smallest absolute Gasteiger partial charge is 0.308 e. The molecule has 1 aliphatic carbocycles. The number of rotatable bonds is 2. The number of carbonyl (C=O) groups is 1. The van der Waals surface area contributed by atoms with Crippen molar-refractivity contribution >= 4 is 5.97 Å². The van der Waals surface area contributed by atoms with Crippen LogP contribution in [0, 0.1) is 18.3 Å². The highest BCUT2D eigenvalue weighted by molar-refractivity contribution is 5.72. The van der Waals surface area contributed by atoms with E-state index in [4.69, 9.17) is 11.2 Å². The highest BCUT2D eigenvalue weighted by Gasteiger charge is 2.34. The van der Waals surface area contributed by atoms with Crippen molar-refractivity contribution in [2.75, 3.05) is 6.61 Å². The predicted octanol–water partition coefficient (Wildman–Crippen LogP) is 1.10. The molecule has 78 valence electrons. The van der Waals surface area contributed by atoms with Crippen molar-refractivity contribution < 1.29 is 14.6 Å². The van der Waals surface area contributed by atoms with Crippen LogP contribution in [0.2, 0.25) is 0 Å². The summed E-state index contributed by atoms with van der Waals surface area (Å²) in [5, 5.41) is 9.72. The second kappa shape index (κ2) is 4.47. The van der Waals surface area contributed by atoms with Crippen LogP contribution in [0.15, 0.2) is 0 Å². The minimum Gasteiger partial charge on any atom is -0.466 e. The Kier molecular flexibility index (Phi) is 3.54. The van der Waals surface area contributed by atoms with Gasteiger partial charge in [-0.15, -0.1) is 6.42 Å². The zero-order valence-electron chi connectivity index (χ0n) is 8.45. The van der Waals surface area contributed by atoms with Gasteiger partial charge in [0.05, 0.1) is 12.5 Å². The van der Waals surface area contributed by atoms with Crippen molar-refractivity contribution in [1.29, 1.82) is 0 Å². The lowest BCUT2D eigenvalue weighted by atomic mass is 9.79. The van der Waals surface area contributed by atoms with Crippen molar-refractivity contribution in [3.63, 3.8) is 0 Å². The Balaban J connectivity index is 2.44. The molecule has 0 heterocycles. The Labute approximate surface area is 84.5 Å². The van der Waals surface area contributed by atoms with Gasteiger partial charge in [-0.1, -0.05) is 5.92 Å². The molecule has 0 bridgehead atoms. The van der Waals surface area contributed by atoms with Gasteiger partial charge in [0.25, 0.3) is 0 Å². The van der Waals surface area contributed by atoms with E-state index in [2.05, 4.69) is 5.92 Å². The molecule has 1 fully saturated rings. The Morgan fingerprint density at radius 1 is 1.64 bits per heavy atom. The van der Waals surface area contributed by atoms with Gasteiger partial charge in [0.1, 0.15) is 5.60 Å². The summed E-state index contributed by atoms with van der Waals surface area (Å²) in [6.07, 6.45) is 7.44. The fraction of sp³-hybridized carbons (Fsp3) is 0.727. The molecule has 0 radical (unpaired) electrons. The van der Waals surface area contributed by atoms with Crippen LogP contribution in [0.3, 0.4) is 0 Å². The number of hydrogen-bond acceptors (Lipinski definition) is 3. The zero-order chi connectivity index (χ0) is 10.6. The van der Waals surface area contributed by atoms with Gasteiger partial charge in [0.2, 0.25) is 0 Å². The molecule has 0 aromatic carbocycles. The van der Waals surface area contributed by atoms with Crippen LogP contribution in [-0.4, -0.2) is 23.3 Å². The average molecular weight is 196 g/mol. The summed E-state index contributed by atoms with van der Waals surface area (Å²) < 4.78 is 4.91.